The van der Waals surface area contributed by atoms with E-state index in [4.69, 9.17) is 9.57 Å². The van der Waals surface area contributed by atoms with Crippen LogP contribution in [0.3, 0.4) is 0 Å². The minimum atomic E-state index is -0.361. The molecule has 0 N–H and O–H groups in total. The fraction of sp³-hybridized carbons (Fsp3) is 0.688. The summed E-state index contributed by atoms with van der Waals surface area (Å²) in [6.07, 6.45) is 7.71. The van der Waals surface area contributed by atoms with Crippen molar-refractivity contribution in [3.63, 3.8) is 0 Å². The third kappa shape index (κ3) is 2.90. The Bertz CT molecular complexity index is 550. The van der Waals surface area contributed by atoms with Gasteiger partial charge in [-0.2, -0.15) is 0 Å². The molecule has 4 rings (SSSR count). The number of fused-ring (bicyclic) bond motifs is 1. The number of hydroxylamine groups is 2. The molecule has 23 heavy (non-hydrogen) atoms. The fourth-order valence-electron chi connectivity index (χ4n) is 3.78. The average molecular weight is 318 g/mol. The maximum Gasteiger partial charge on any atom is 0.275 e. The molecular formula is C16H22N4O3. The van der Waals surface area contributed by atoms with Gasteiger partial charge in [-0.3, -0.25) is 9.63 Å². The highest BCUT2D eigenvalue weighted by atomic mass is 16.7. The van der Waals surface area contributed by atoms with Crippen molar-refractivity contribution >= 4 is 11.7 Å². The molecule has 0 bridgehead atoms. The Kier molecular flexibility index (Phi) is 4.13. The molecule has 3 fully saturated rings. The Morgan fingerprint density at radius 1 is 1.22 bits per heavy atom. The van der Waals surface area contributed by atoms with Crippen molar-refractivity contribution in [1.29, 1.82) is 0 Å². The Morgan fingerprint density at radius 3 is 2.96 bits per heavy atom. The van der Waals surface area contributed by atoms with Gasteiger partial charge in [0.2, 0.25) is 0 Å². The molecule has 0 aliphatic carbocycles. The predicted molar refractivity (Wildman–Crippen MR) is 82.6 cm³/mol. The minimum absolute atomic E-state index is 0.0105. The molecule has 1 aromatic rings. The maximum atomic E-state index is 12.5. The van der Waals surface area contributed by atoms with Crippen molar-refractivity contribution < 1.29 is 14.4 Å². The van der Waals surface area contributed by atoms with Crippen LogP contribution in [0.15, 0.2) is 18.6 Å². The van der Waals surface area contributed by atoms with E-state index in [1.54, 1.807) is 12.5 Å². The molecule has 3 saturated heterocycles. The van der Waals surface area contributed by atoms with Crippen molar-refractivity contribution in [2.24, 2.45) is 0 Å². The summed E-state index contributed by atoms with van der Waals surface area (Å²) in [5.41, 5.74) is 0. The largest absolute Gasteiger partial charge is 0.363 e. The van der Waals surface area contributed by atoms with Gasteiger partial charge < -0.3 is 9.64 Å². The van der Waals surface area contributed by atoms with E-state index < -0.39 is 0 Å². The number of aromatic nitrogens is 2. The summed E-state index contributed by atoms with van der Waals surface area (Å²) >= 11 is 0. The first kappa shape index (κ1) is 14.8. The van der Waals surface area contributed by atoms with E-state index in [0.717, 1.165) is 44.5 Å². The summed E-state index contributed by atoms with van der Waals surface area (Å²) in [7, 11) is 0. The Morgan fingerprint density at radius 2 is 2.17 bits per heavy atom. The smallest absolute Gasteiger partial charge is 0.275 e. The Balaban J connectivity index is 1.40. The monoisotopic (exact) mass is 318 g/mol. The summed E-state index contributed by atoms with van der Waals surface area (Å²) in [5.74, 6) is 0.934. The summed E-state index contributed by atoms with van der Waals surface area (Å²) in [4.78, 5) is 28.6. The van der Waals surface area contributed by atoms with Crippen molar-refractivity contribution in [3.05, 3.63) is 18.6 Å². The highest BCUT2D eigenvalue weighted by Gasteiger charge is 2.43. The van der Waals surface area contributed by atoms with Crippen LogP contribution in [0.5, 0.6) is 0 Å². The van der Waals surface area contributed by atoms with Gasteiger partial charge in [-0.15, -0.1) is 0 Å². The molecule has 7 nitrogen and oxygen atoms in total. The van der Waals surface area contributed by atoms with E-state index in [9.17, 15) is 4.79 Å². The van der Waals surface area contributed by atoms with Crippen LogP contribution < -0.4 is 4.90 Å². The van der Waals surface area contributed by atoms with Gasteiger partial charge in [0.25, 0.3) is 5.91 Å². The predicted octanol–water partition coefficient (Wildman–Crippen LogP) is 1.16. The van der Waals surface area contributed by atoms with E-state index in [1.807, 2.05) is 6.07 Å². The molecule has 0 saturated carbocycles. The quantitative estimate of drug-likeness (QED) is 0.815. The number of rotatable bonds is 2. The lowest BCUT2D eigenvalue weighted by atomic mass is 9.98. The van der Waals surface area contributed by atoms with E-state index in [0.29, 0.717) is 19.2 Å². The van der Waals surface area contributed by atoms with Gasteiger partial charge in [0.1, 0.15) is 18.2 Å². The van der Waals surface area contributed by atoms with Crippen LogP contribution in [0.2, 0.25) is 0 Å². The number of hydrogen-bond acceptors (Lipinski definition) is 6. The minimum Gasteiger partial charge on any atom is -0.363 e. The van der Waals surface area contributed by atoms with Gasteiger partial charge in [0, 0.05) is 19.3 Å². The summed E-state index contributed by atoms with van der Waals surface area (Å²) < 4.78 is 6.12. The molecule has 4 heterocycles. The SMILES string of the molecule is O=C([C@@H]1CC[C@@H]2[C@@H](CCN2c2ccncn2)O1)N1CCCCO1. The van der Waals surface area contributed by atoms with Crippen molar-refractivity contribution in [1.82, 2.24) is 15.0 Å². The topological polar surface area (TPSA) is 67.8 Å². The lowest BCUT2D eigenvalue weighted by Crippen LogP contribution is -2.50. The number of anilines is 1. The van der Waals surface area contributed by atoms with E-state index in [-0.39, 0.29) is 18.1 Å². The molecule has 0 unspecified atom stereocenters. The number of carbonyl (C=O) groups excluding carboxylic acids is 1. The van der Waals surface area contributed by atoms with Crippen molar-refractivity contribution in [3.8, 4) is 0 Å². The van der Waals surface area contributed by atoms with Crippen LogP contribution in [-0.2, 0) is 14.4 Å². The van der Waals surface area contributed by atoms with Gasteiger partial charge in [-0.25, -0.2) is 15.0 Å². The standard InChI is InChI=1S/C16H22N4O3/c21-16(20-8-1-2-10-22-20)14-4-3-12-13(23-14)6-9-19(12)15-5-7-17-11-18-15/h5,7,11-14H,1-4,6,8-10H2/t12-,13-,14+/m1/s1. The normalized spacial score (nSPS) is 31.0. The fourth-order valence-corrected chi connectivity index (χ4v) is 3.78. The molecule has 1 aromatic heterocycles. The van der Waals surface area contributed by atoms with Crippen LogP contribution in [-0.4, -0.2) is 58.9 Å². The van der Waals surface area contributed by atoms with E-state index >= 15 is 0 Å². The number of nitrogens with zero attached hydrogens (tertiary/aromatic N) is 4. The molecule has 3 aliphatic heterocycles. The van der Waals surface area contributed by atoms with Gasteiger partial charge in [0.15, 0.2) is 0 Å². The van der Waals surface area contributed by atoms with Crippen molar-refractivity contribution in [2.45, 2.75) is 50.4 Å². The van der Waals surface area contributed by atoms with Crippen LogP contribution in [0.1, 0.15) is 32.1 Å². The zero-order chi connectivity index (χ0) is 15.6. The van der Waals surface area contributed by atoms with Crippen LogP contribution >= 0.6 is 0 Å². The van der Waals surface area contributed by atoms with Crippen LogP contribution in [0, 0.1) is 0 Å². The van der Waals surface area contributed by atoms with Gasteiger partial charge >= 0.3 is 0 Å². The summed E-state index contributed by atoms with van der Waals surface area (Å²) in [6.45, 7) is 2.22. The molecule has 124 valence electrons. The lowest BCUT2D eigenvalue weighted by molar-refractivity contribution is -0.212. The number of amides is 1. The lowest BCUT2D eigenvalue weighted by Gasteiger charge is -2.37. The zero-order valence-corrected chi connectivity index (χ0v) is 13.1. The van der Waals surface area contributed by atoms with Crippen LogP contribution in [0.4, 0.5) is 5.82 Å². The van der Waals surface area contributed by atoms with E-state index in [1.165, 1.54) is 5.06 Å². The second-order valence-corrected chi connectivity index (χ2v) is 6.34. The highest BCUT2D eigenvalue weighted by molar-refractivity contribution is 5.80. The van der Waals surface area contributed by atoms with Gasteiger partial charge in [-0.05, 0) is 38.2 Å². The first-order valence-corrected chi connectivity index (χ1v) is 8.45. The Labute approximate surface area is 135 Å². The van der Waals surface area contributed by atoms with E-state index in [2.05, 4.69) is 14.9 Å². The molecule has 3 aliphatic rings. The van der Waals surface area contributed by atoms with Crippen LogP contribution in [0.25, 0.3) is 0 Å². The second-order valence-electron chi connectivity index (χ2n) is 6.34. The third-order valence-electron chi connectivity index (χ3n) is 4.93. The van der Waals surface area contributed by atoms with Gasteiger partial charge in [-0.1, -0.05) is 0 Å². The first-order valence-electron chi connectivity index (χ1n) is 8.45. The highest BCUT2D eigenvalue weighted by Crippen LogP contribution is 2.34. The second kappa shape index (κ2) is 6.41. The molecule has 3 atom stereocenters. The molecular weight excluding hydrogens is 296 g/mol. The first-order chi connectivity index (χ1) is 11.3. The average Bonchev–Trinajstić information content (AvgIpc) is 3.06. The summed E-state index contributed by atoms with van der Waals surface area (Å²) in [6, 6.07) is 2.23. The number of ether oxygens (including phenoxy) is 1. The molecule has 1 amide bonds. The molecule has 7 heteroatoms. The molecule has 0 aromatic carbocycles. The van der Waals surface area contributed by atoms with Crippen molar-refractivity contribution in [2.75, 3.05) is 24.6 Å². The number of carbonyl (C=O) groups is 1. The summed E-state index contributed by atoms with van der Waals surface area (Å²) in [5, 5.41) is 1.51. The third-order valence-corrected chi connectivity index (χ3v) is 4.93. The zero-order valence-electron chi connectivity index (χ0n) is 13.1. The molecule has 0 radical (unpaired) electrons. The maximum absolute atomic E-state index is 12.5. The Hall–Kier alpha value is -1.73. The number of hydrogen-bond donors (Lipinski definition) is 0. The molecule has 0 spiro atoms. The van der Waals surface area contributed by atoms with Gasteiger partial charge in [0.05, 0.1) is 18.8 Å².